The molecule has 0 spiro atoms. The predicted molar refractivity (Wildman–Crippen MR) is 97.2 cm³/mol. The molecule has 0 bridgehead atoms. The van der Waals surface area contributed by atoms with E-state index in [1.165, 1.54) is 0 Å². The van der Waals surface area contributed by atoms with E-state index in [1.54, 1.807) is 13.4 Å². The molecule has 0 unspecified atom stereocenters. The summed E-state index contributed by atoms with van der Waals surface area (Å²) in [5, 5.41) is 6.89. The predicted octanol–water partition coefficient (Wildman–Crippen LogP) is 4.53. The molecule has 1 aromatic heterocycles. The Hall–Kier alpha value is -3.21. The van der Waals surface area contributed by atoms with Gasteiger partial charge in [-0.1, -0.05) is 30.3 Å². The number of nitrogens with zero attached hydrogens (tertiary/aromatic N) is 2. The molecule has 3 heterocycles. The molecule has 26 heavy (non-hydrogen) atoms. The Bertz CT molecular complexity index is 965. The fourth-order valence-electron chi connectivity index (χ4n) is 3.70. The Morgan fingerprint density at radius 1 is 1.00 bits per heavy atom. The number of hydrazone groups is 1. The van der Waals surface area contributed by atoms with Crippen LogP contribution < -0.4 is 9.47 Å². The second kappa shape index (κ2) is 5.95. The third kappa shape index (κ3) is 2.28. The SMILES string of the molecule is COc1ccccc1[C@H]1Oc2ccccc2[C@@H]2CC(c3ccco3)=NN12. The molecule has 2 aromatic carbocycles. The first-order valence-corrected chi connectivity index (χ1v) is 8.63. The van der Waals surface area contributed by atoms with Gasteiger partial charge in [0.2, 0.25) is 6.23 Å². The highest BCUT2D eigenvalue weighted by Crippen LogP contribution is 2.48. The van der Waals surface area contributed by atoms with E-state index < -0.39 is 0 Å². The first-order chi connectivity index (χ1) is 12.8. The second-order valence-corrected chi connectivity index (χ2v) is 6.37. The number of benzene rings is 2. The van der Waals surface area contributed by atoms with Gasteiger partial charge in [0.15, 0.2) is 0 Å². The number of furan rings is 1. The second-order valence-electron chi connectivity index (χ2n) is 6.37. The molecule has 0 saturated carbocycles. The highest BCUT2D eigenvalue weighted by Gasteiger charge is 2.42. The summed E-state index contributed by atoms with van der Waals surface area (Å²) in [5.41, 5.74) is 3.03. The molecule has 3 aromatic rings. The Morgan fingerprint density at radius 3 is 2.62 bits per heavy atom. The molecule has 130 valence electrons. The number of methoxy groups -OCH3 is 1. The van der Waals surface area contributed by atoms with Gasteiger partial charge in [0, 0.05) is 12.0 Å². The molecular formula is C21H18N2O3. The van der Waals surface area contributed by atoms with Crippen LogP contribution in [0.4, 0.5) is 0 Å². The molecule has 5 heteroatoms. The van der Waals surface area contributed by atoms with Gasteiger partial charge < -0.3 is 13.9 Å². The number of para-hydroxylation sites is 2. The topological polar surface area (TPSA) is 47.2 Å². The quantitative estimate of drug-likeness (QED) is 0.699. The number of rotatable bonds is 3. The largest absolute Gasteiger partial charge is 0.496 e. The fraction of sp³-hybridized carbons (Fsp3) is 0.190. The highest BCUT2D eigenvalue weighted by atomic mass is 16.5. The number of hydrogen-bond donors (Lipinski definition) is 0. The van der Waals surface area contributed by atoms with E-state index in [2.05, 4.69) is 6.07 Å². The minimum atomic E-state index is -0.349. The van der Waals surface area contributed by atoms with Gasteiger partial charge in [0.05, 0.1) is 25.0 Å². The van der Waals surface area contributed by atoms with E-state index in [4.69, 9.17) is 19.0 Å². The van der Waals surface area contributed by atoms with Gasteiger partial charge in [-0.05, 0) is 30.3 Å². The van der Waals surface area contributed by atoms with Gasteiger partial charge >= 0.3 is 0 Å². The zero-order valence-corrected chi connectivity index (χ0v) is 14.3. The molecule has 0 N–H and O–H groups in total. The summed E-state index contributed by atoms with van der Waals surface area (Å²) in [6.45, 7) is 0. The molecule has 2 aliphatic rings. The van der Waals surface area contributed by atoms with E-state index in [9.17, 15) is 0 Å². The molecule has 0 aliphatic carbocycles. The summed E-state index contributed by atoms with van der Waals surface area (Å²) >= 11 is 0. The van der Waals surface area contributed by atoms with Crippen molar-refractivity contribution in [2.45, 2.75) is 18.7 Å². The molecule has 2 aliphatic heterocycles. The van der Waals surface area contributed by atoms with Gasteiger partial charge in [-0.15, -0.1) is 0 Å². The van der Waals surface area contributed by atoms with Crippen molar-refractivity contribution >= 4 is 5.71 Å². The third-order valence-corrected chi connectivity index (χ3v) is 4.91. The number of ether oxygens (including phenoxy) is 2. The van der Waals surface area contributed by atoms with Crippen molar-refractivity contribution in [2.24, 2.45) is 5.10 Å². The van der Waals surface area contributed by atoms with Gasteiger partial charge in [0.25, 0.3) is 0 Å². The van der Waals surface area contributed by atoms with Gasteiger partial charge in [-0.2, -0.15) is 5.10 Å². The van der Waals surface area contributed by atoms with Crippen LogP contribution in [0.2, 0.25) is 0 Å². The molecule has 5 nitrogen and oxygen atoms in total. The highest BCUT2D eigenvalue weighted by molar-refractivity contribution is 5.99. The molecular weight excluding hydrogens is 328 g/mol. The third-order valence-electron chi connectivity index (χ3n) is 4.91. The standard InChI is InChI=1S/C21H18N2O3/c1-24-18-9-4-3-8-15(18)21-23-17(14-7-2-5-10-19(14)26-21)13-16(22-23)20-11-6-12-25-20/h2-12,17,21H,13H2,1H3/t17-,21+/m0/s1. The Labute approximate surface area is 151 Å². The van der Waals surface area contributed by atoms with Crippen molar-refractivity contribution in [1.82, 2.24) is 5.01 Å². The van der Waals surface area contributed by atoms with Gasteiger partial charge in [-0.3, -0.25) is 0 Å². The Balaban J connectivity index is 1.63. The minimum Gasteiger partial charge on any atom is -0.496 e. The lowest BCUT2D eigenvalue weighted by Crippen LogP contribution is -2.33. The van der Waals surface area contributed by atoms with Crippen LogP contribution in [0, 0.1) is 0 Å². The number of hydrogen-bond acceptors (Lipinski definition) is 5. The van der Waals surface area contributed by atoms with Crippen molar-refractivity contribution in [1.29, 1.82) is 0 Å². The first kappa shape index (κ1) is 15.1. The van der Waals surface area contributed by atoms with Gasteiger partial charge in [-0.25, -0.2) is 5.01 Å². The van der Waals surface area contributed by atoms with Crippen LogP contribution in [0.25, 0.3) is 0 Å². The number of fused-ring (bicyclic) bond motifs is 3. The van der Waals surface area contributed by atoms with Crippen molar-refractivity contribution < 1.29 is 13.9 Å². The molecule has 0 fully saturated rings. The maximum Gasteiger partial charge on any atom is 0.217 e. The van der Waals surface area contributed by atoms with Crippen LogP contribution in [-0.2, 0) is 0 Å². The minimum absolute atomic E-state index is 0.106. The van der Waals surface area contributed by atoms with Crippen LogP contribution >= 0.6 is 0 Å². The van der Waals surface area contributed by atoms with Crippen molar-refractivity contribution in [3.8, 4) is 11.5 Å². The summed E-state index contributed by atoms with van der Waals surface area (Å²) in [6, 6.07) is 20.0. The zero-order valence-electron chi connectivity index (χ0n) is 14.3. The lowest BCUT2D eigenvalue weighted by molar-refractivity contribution is -0.0203. The van der Waals surface area contributed by atoms with E-state index in [1.807, 2.05) is 59.6 Å². The monoisotopic (exact) mass is 346 g/mol. The maximum atomic E-state index is 6.35. The molecule has 0 saturated heterocycles. The fourth-order valence-corrected chi connectivity index (χ4v) is 3.70. The molecule has 2 atom stereocenters. The average molecular weight is 346 g/mol. The van der Waals surface area contributed by atoms with E-state index in [-0.39, 0.29) is 12.3 Å². The summed E-state index contributed by atoms with van der Waals surface area (Å²) in [5.74, 6) is 2.48. The van der Waals surface area contributed by atoms with E-state index in [0.29, 0.717) is 0 Å². The molecule has 0 radical (unpaired) electrons. The smallest absolute Gasteiger partial charge is 0.217 e. The summed E-state index contributed by atoms with van der Waals surface area (Å²) in [7, 11) is 1.68. The van der Waals surface area contributed by atoms with Gasteiger partial charge in [0.1, 0.15) is 23.0 Å². The van der Waals surface area contributed by atoms with E-state index >= 15 is 0 Å². The summed E-state index contributed by atoms with van der Waals surface area (Å²) in [6.07, 6.45) is 2.11. The van der Waals surface area contributed by atoms with E-state index in [0.717, 1.165) is 40.5 Å². The maximum absolute atomic E-state index is 6.35. The normalized spacial score (nSPS) is 20.8. The summed E-state index contributed by atoms with van der Waals surface area (Å²) in [4.78, 5) is 0. The van der Waals surface area contributed by atoms with Crippen molar-refractivity contribution in [2.75, 3.05) is 7.11 Å². The average Bonchev–Trinajstić information content (AvgIpc) is 3.37. The Morgan fingerprint density at radius 2 is 1.81 bits per heavy atom. The van der Waals surface area contributed by atoms with Crippen LogP contribution in [0.15, 0.2) is 76.4 Å². The zero-order chi connectivity index (χ0) is 17.5. The lowest BCUT2D eigenvalue weighted by atomic mass is 9.97. The summed E-state index contributed by atoms with van der Waals surface area (Å²) < 4.78 is 17.5. The van der Waals surface area contributed by atoms with Crippen LogP contribution in [0.1, 0.15) is 35.6 Å². The lowest BCUT2D eigenvalue weighted by Gasteiger charge is -2.38. The molecule has 5 rings (SSSR count). The van der Waals surface area contributed by atoms with Crippen molar-refractivity contribution in [3.63, 3.8) is 0 Å². The van der Waals surface area contributed by atoms with Crippen molar-refractivity contribution in [3.05, 3.63) is 83.8 Å². The molecule has 0 amide bonds. The Kier molecular flexibility index (Phi) is 3.45. The van der Waals surface area contributed by atoms with Crippen LogP contribution in [0.5, 0.6) is 11.5 Å². The van der Waals surface area contributed by atoms with Crippen LogP contribution in [0.3, 0.4) is 0 Å². The first-order valence-electron chi connectivity index (χ1n) is 8.63. The van der Waals surface area contributed by atoms with Crippen LogP contribution in [-0.4, -0.2) is 17.8 Å².